The first-order valence-corrected chi connectivity index (χ1v) is 6.58. The molecule has 1 aliphatic rings. The van der Waals surface area contributed by atoms with Gasteiger partial charge in [0.15, 0.2) is 5.75 Å². The molecule has 1 fully saturated rings. The maximum atomic E-state index is 11.0. The third-order valence-electron chi connectivity index (χ3n) is 3.32. The quantitative estimate of drug-likeness (QED) is 0.485. The molecular weight excluding hydrogens is 270 g/mol. The predicted octanol–water partition coefficient (Wildman–Crippen LogP) is 2.79. The topological polar surface area (TPSA) is 61.6 Å². The van der Waals surface area contributed by atoms with Crippen molar-refractivity contribution in [2.24, 2.45) is 5.92 Å². The van der Waals surface area contributed by atoms with E-state index in [-0.39, 0.29) is 22.7 Å². The molecule has 0 aromatic heterocycles. The highest BCUT2D eigenvalue weighted by Crippen LogP contribution is 2.30. The second-order valence-corrected chi connectivity index (χ2v) is 5.17. The molecule has 0 amide bonds. The van der Waals surface area contributed by atoms with Crippen molar-refractivity contribution in [3.63, 3.8) is 0 Å². The molecule has 19 heavy (non-hydrogen) atoms. The average Bonchev–Trinajstić information content (AvgIpc) is 2.41. The summed E-state index contributed by atoms with van der Waals surface area (Å²) in [5.74, 6) is 0.472. The summed E-state index contributed by atoms with van der Waals surface area (Å²) in [5.41, 5.74) is 0.872. The number of benzene rings is 1. The smallest absolute Gasteiger partial charge is 0.311 e. The molecule has 1 aliphatic heterocycles. The molecule has 2 atom stereocenters. The van der Waals surface area contributed by atoms with Crippen LogP contribution < -0.4 is 4.74 Å². The second kappa shape index (κ2) is 6.21. The van der Waals surface area contributed by atoms with Gasteiger partial charge in [-0.25, -0.2) is 0 Å². The Morgan fingerprint density at radius 1 is 1.58 bits per heavy atom. The first kappa shape index (κ1) is 14.1. The number of halogens is 1. The molecule has 0 bridgehead atoms. The number of alkyl halides is 1. The van der Waals surface area contributed by atoms with Gasteiger partial charge in [0, 0.05) is 24.0 Å². The van der Waals surface area contributed by atoms with E-state index in [2.05, 4.69) is 0 Å². The Labute approximate surface area is 116 Å². The van der Waals surface area contributed by atoms with Gasteiger partial charge in [0.1, 0.15) is 0 Å². The number of ether oxygens (including phenoxy) is 2. The molecule has 1 heterocycles. The summed E-state index contributed by atoms with van der Waals surface area (Å²) in [7, 11) is 1.42. The van der Waals surface area contributed by atoms with Crippen molar-refractivity contribution in [1.82, 2.24) is 0 Å². The minimum Gasteiger partial charge on any atom is -0.490 e. The van der Waals surface area contributed by atoms with Gasteiger partial charge in [0.25, 0.3) is 0 Å². The molecule has 0 saturated carbocycles. The molecule has 1 saturated heterocycles. The standard InChI is InChI=1S/C13H16ClNO4/c1-18-13-3-2-9(7-12(13)15(16)17)6-10-8-19-5-4-11(10)14/h2-3,7,10-11H,4-6,8H2,1H3. The summed E-state index contributed by atoms with van der Waals surface area (Å²) in [5, 5.41) is 11.0. The number of nitro groups is 1. The van der Waals surface area contributed by atoms with E-state index < -0.39 is 4.92 Å². The molecule has 2 unspecified atom stereocenters. The first-order valence-electron chi connectivity index (χ1n) is 6.15. The van der Waals surface area contributed by atoms with Crippen LogP contribution in [0.25, 0.3) is 0 Å². The summed E-state index contributed by atoms with van der Waals surface area (Å²) < 4.78 is 10.4. The fourth-order valence-corrected chi connectivity index (χ4v) is 2.52. The Kier molecular flexibility index (Phi) is 4.61. The largest absolute Gasteiger partial charge is 0.490 e. The summed E-state index contributed by atoms with van der Waals surface area (Å²) in [6, 6.07) is 5.02. The summed E-state index contributed by atoms with van der Waals surface area (Å²) in [6.45, 7) is 1.29. The number of hydrogen-bond donors (Lipinski definition) is 0. The molecule has 5 nitrogen and oxygen atoms in total. The van der Waals surface area contributed by atoms with E-state index in [1.54, 1.807) is 12.1 Å². The van der Waals surface area contributed by atoms with E-state index in [1.165, 1.54) is 7.11 Å². The summed E-state index contributed by atoms with van der Waals surface area (Å²) in [6.07, 6.45) is 1.50. The van der Waals surface area contributed by atoms with Crippen molar-refractivity contribution in [3.8, 4) is 5.75 Å². The van der Waals surface area contributed by atoms with Crippen LogP contribution in [0.2, 0.25) is 0 Å². The highest BCUT2D eigenvalue weighted by molar-refractivity contribution is 6.20. The van der Waals surface area contributed by atoms with Crippen LogP contribution in [0.5, 0.6) is 5.75 Å². The highest BCUT2D eigenvalue weighted by atomic mass is 35.5. The lowest BCUT2D eigenvalue weighted by molar-refractivity contribution is -0.385. The lowest BCUT2D eigenvalue weighted by Crippen LogP contribution is -2.29. The third-order valence-corrected chi connectivity index (χ3v) is 3.89. The van der Waals surface area contributed by atoms with Crippen LogP contribution >= 0.6 is 11.6 Å². The first-order chi connectivity index (χ1) is 9.11. The maximum Gasteiger partial charge on any atom is 0.311 e. The lowest BCUT2D eigenvalue weighted by atomic mass is 9.93. The molecule has 104 valence electrons. The minimum atomic E-state index is -0.433. The maximum absolute atomic E-state index is 11.0. The monoisotopic (exact) mass is 285 g/mol. The van der Waals surface area contributed by atoms with Gasteiger partial charge in [0.05, 0.1) is 18.6 Å². The van der Waals surface area contributed by atoms with E-state index in [4.69, 9.17) is 21.1 Å². The van der Waals surface area contributed by atoms with E-state index in [1.807, 2.05) is 6.07 Å². The summed E-state index contributed by atoms with van der Waals surface area (Å²) >= 11 is 6.25. The molecule has 0 aliphatic carbocycles. The SMILES string of the molecule is COc1ccc(CC2COCCC2Cl)cc1[N+](=O)[O-]. The molecule has 6 heteroatoms. The van der Waals surface area contributed by atoms with Gasteiger partial charge in [-0.2, -0.15) is 0 Å². The highest BCUT2D eigenvalue weighted by Gasteiger charge is 2.25. The van der Waals surface area contributed by atoms with Crippen molar-refractivity contribution in [2.45, 2.75) is 18.2 Å². The normalized spacial score (nSPS) is 23.1. The number of hydrogen-bond acceptors (Lipinski definition) is 4. The minimum absolute atomic E-state index is 0.0112. The van der Waals surface area contributed by atoms with Crippen molar-refractivity contribution in [2.75, 3.05) is 20.3 Å². The van der Waals surface area contributed by atoms with Crippen LogP contribution in [0.1, 0.15) is 12.0 Å². The van der Waals surface area contributed by atoms with Crippen molar-refractivity contribution in [1.29, 1.82) is 0 Å². The van der Waals surface area contributed by atoms with Gasteiger partial charge in [-0.1, -0.05) is 6.07 Å². The van der Waals surface area contributed by atoms with E-state index >= 15 is 0 Å². The van der Waals surface area contributed by atoms with Crippen molar-refractivity contribution < 1.29 is 14.4 Å². The average molecular weight is 286 g/mol. The zero-order chi connectivity index (χ0) is 13.8. The molecule has 2 rings (SSSR count). The zero-order valence-electron chi connectivity index (χ0n) is 10.7. The van der Waals surface area contributed by atoms with E-state index in [9.17, 15) is 10.1 Å². The van der Waals surface area contributed by atoms with Gasteiger partial charge in [-0.15, -0.1) is 11.6 Å². The Morgan fingerprint density at radius 3 is 3.00 bits per heavy atom. The summed E-state index contributed by atoms with van der Waals surface area (Å²) in [4.78, 5) is 10.5. The van der Waals surface area contributed by atoms with Gasteiger partial charge in [-0.05, 0) is 24.5 Å². The third kappa shape index (κ3) is 3.36. The Morgan fingerprint density at radius 2 is 2.37 bits per heavy atom. The second-order valence-electron chi connectivity index (χ2n) is 4.61. The molecular formula is C13H16ClNO4. The van der Waals surface area contributed by atoms with Crippen LogP contribution in [-0.2, 0) is 11.2 Å². The molecule has 0 N–H and O–H groups in total. The Balaban J connectivity index is 2.16. The van der Waals surface area contributed by atoms with E-state index in [0.29, 0.717) is 19.6 Å². The van der Waals surface area contributed by atoms with Crippen molar-refractivity contribution >= 4 is 17.3 Å². The van der Waals surface area contributed by atoms with Gasteiger partial charge in [0.2, 0.25) is 0 Å². The number of nitrogens with zero attached hydrogens (tertiary/aromatic N) is 1. The molecule has 0 spiro atoms. The molecule has 1 aromatic carbocycles. The Bertz CT molecular complexity index is 466. The van der Waals surface area contributed by atoms with Crippen LogP contribution in [-0.4, -0.2) is 30.6 Å². The number of rotatable bonds is 4. The van der Waals surface area contributed by atoms with Crippen molar-refractivity contribution in [3.05, 3.63) is 33.9 Å². The number of methoxy groups -OCH3 is 1. The van der Waals surface area contributed by atoms with E-state index in [0.717, 1.165) is 12.0 Å². The fraction of sp³-hybridized carbons (Fsp3) is 0.538. The molecule has 0 radical (unpaired) electrons. The predicted molar refractivity (Wildman–Crippen MR) is 71.9 cm³/mol. The molecule has 1 aromatic rings. The Hall–Kier alpha value is -1.33. The lowest BCUT2D eigenvalue weighted by Gasteiger charge is -2.27. The van der Waals surface area contributed by atoms with Crippen LogP contribution in [0.4, 0.5) is 5.69 Å². The van der Waals surface area contributed by atoms with Crippen LogP contribution in [0, 0.1) is 16.0 Å². The zero-order valence-corrected chi connectivity index (χ0v) is 11.4. The van der Waals surface area contributed by atoms with Crippen LogP contribution in [0.3, 0.4) is 0 Å². The van der Waals surface area contributed by atoms with Gasteiger partial charge >= 0.3 is 5.69 Å². The van der Waals surface area contributed by atoms with Gasteiger partial charge in [-0.3, -0.25) is 10.1 Å². The number of nitro benzene ring substituents is 1. The van der Waals surface area contributed by atoms with Gasteiger partial charge < -0.3 is 9.47 Å². The fourth-order valence-electron chi connectivity index (χ4n) is 2.27. The van der Waals surface area contributed by atoms with Crippen LogP contribution in [0.15, 0.2) is 18.2 Å².